The third kappa shape index (κ3) is 3.68. The first-order chi connectivity index (χ1) is 10.1. The molecule has 2 rings (SSSR count). The first-order valence-electron chi connectivity index (χ1n) is 6.51. The summed E-state index contributed by atoms with van der Waals surface area (Å²) < 4.78 is 10.4. The van der Waals surface area contributed by atoms with Gasteiger partial charge in [-0.2, -0.15) is 0 Å². The van der Waals surface area contributed by atoms with Gasteiger partial charge >= 0.3 is 5.97 Å². The maximum Gasteiger partial charge on any atom is 0.339 e. The fraction of sp³-hybridized carbons (Fsp3) is 0.429. The Hall–Kier alpha value is -1.73. The van der Waals surface area contributed by atoms with Crippen LogP contribution in [0.4, 0.5) is 5.69 Å². The minimum absolute atomic E-state index is 0.0526. The number of carboxylic acid groups (broad SMARTS) is 1. The summed E-state index contributed by atoms with van der Waals surface area (Å²) in [5, 5.41) is 9.16. The number of rotatable bonds is 6. The van der Waals surface area contributed by atoms with Crippen molar-refractivity contribution in [3.63, 3.8) is 0 Å². The van der Waals surface area contributed by atoms with E-state index in [9.17, 15) is 9.59 Å². The highest BCUT2D eigenvalue weighted by atomic mass is 32.2. The predicted octanol–water partition coefficient (Wildman–Crippen LogP) is 1.49. The van der Waals surface area contributed by atoms with Gasteiger partial charge in [-0.15, -0.1) is 11.8 Å². The van der Waals surface area contributed by atoms with Crippen LogP contribution in [0.5, 0.6) is 5.75 Å². The molecule has 0 saturated heterocycles. The van der Waals surface area contributed by atoms with E-state index in [1.807, 2.05) is 0 Å². The highest BCUT2D eigenvalue weighted by molar-refractivity contribution is 7.99. The standard InChI is InChI=1S/C14H17NO5S/c1-19-7-8-21-9-12(16)15-5-6-20-13-10(14(17)18)3-2-4-11(13)15/h2-4H,5-9H2,1H3,(H,17,18). The molecule has 0 aliphatic carbocycles. The van der Waals surface area contributed by atoms with Crippen molar-refractivity contribution >= 4 is 29.3 Å². The van der Waals surface area contributed by atoms with Crippen molar-refractivity contribution in [3.05, 3.63) is 23.8 Å². The van der Waals surface area contributed by atoms with E-state index in [2.05, 4.69) is 0 Å². The molecule has 1 heterocycles. The second-order valence-electron chi connectivity index (χ2n) is 4.40. The summed E-state index contributed by atoms with van der Waals surface area (Å²) >= 11 is 1.49. The molecule has 1 aliphatic heterocycles. The Morgan fingerprint density at radius 1 is 1.48 bits per heavy atom. The number of thioether (sulfide) groups is 1. The molecule has 1 aromatic rings. The van der Waals surface area contributed by atoms with Gasteiger partial charge in [0.05, 0.1) is 24.6 Å². The third-order valence-corrected chi connectivity index (χ3v) is 3.94. The van der Waals surface area contributed by atoms with E-state index < -0.39 is 5.97 Å². The normalized spacial score (nSPS) is 13.5. The van der Waals surface area contributed by atoms with Crippen LogP contribution in [0.15, 0.2) is 18.2 Å². The molecule has 0 spiro atoms. The Labute approximate surface area is 127 Å². The number of anilines is 1. The maximum absolute atomic E-state index is 12.3. The average Bonchev–Trinajstić information content (AvgIpc) is 2.50. The number of aromatic carboxylic acids is 1. The minimum Gasteiger partial charge on any atom is -0.489 e. The van der Waals surface area contributed by atoms with E-state index in [1.54, 1.807) is 24.1 Å². The van der Waals surface area contributed by atoms with E-state index in [0.717, 1.165) is 5.75 Å². The summed E-state index contributed by atoms with van der Waals surface area (Å²) in [6.45, 7) is 1.33. The zero-order chi connectivity index (χ0) is 15.2. The summed E-state index contributed by atoms with van der Waals surface area (Å²) in [4.78, 5) is 25.0. The van der Waals surface area contributed by atoms with Crippen LogP contribution in [-0.2, 0) is 9.53 Å². The van der Waals surface area contributed by atoms with Gasteiger partial charge in [-0.1, -0.05) is 6.07 Å². The minimum atomic E-state index is -1.06. The zero-order valence-electron chi connectivity index (χ0n) is 11.7. The molecule has 0 unspecified atom stereocenters. The molecule has 6 nitrogen and oxygen atoms in total. The number of hydrogen-bond donors (Lipinski definition) is 1. The molecule has 0 radical (unpaired) electrons. The van der Waals surface area contributed by atoms with Crippen LogP contribution in [0.3, 0.4) is 0 Å². The van der Waals surface area contributed by atoms with Crippen LogP contribution < -0.4 is 9.64 Å². The summed E-state index contributed by atoms with van der Waals surface area (Å²) in [6, 6.07) is 4.80. The van der Waals surface area contributed by atoms with E-state index >= 15 is 0 Å². The van der Waals surface area contributed by atoms with E-state index in [1.165, 1.54) is 17.8 Å². The van der Waals surface area contributed by atoms with Gasteiger partial charge in [-0.25, -0.2) is 4.79 Å². The molecular weight excluding hydrogens is 294 g/mol. The number of benzene rings is 1. The molecule has 0 saturated carbocycles. The lowest BCUT2D eigenvalue weighted by atomic mass is 10.1. The van der Waals surface area contributed by atoms with Crippen molar-refractivity contribution in [3.8, 4) is 5.75 Å². The van der Waals surface area contributed by atoms with Crippen LogP contribution in [0.2, 0.25) is 0 Å². The summed E-state index contributed by atoms with van der Waals surface area (Å²) in [6.07, 6.45) is 0. The Balaban J connectivity index is 2.13. The largest absolute Gasteiger partial charge is 0.489 e. The maximum atomic E-state index is 12.3. The van der Waals surface area contributed by atoms with Crippen molar-refractivity contribution in [2.24, 2.45) is 0 Å². The summed E-state index contributed by atoms with van der Waals surface area (Å²) in [5.41, 5.74) is 0.607. The van der Waals surface area contributed by atoms with E-state index in [-0.39, 0.29) is 17.2 Å². The van der Waals surface area contributed by atoms with Crippen LogP contribution in [0, 0.1) is 0 Å². The molecule has 7 heteroatoms. The SMILES string of the molecule is COCCSCC(=O)N1CCOc2c(C(=O)O)cccc21. The molecule has 0 bridgehead atoms. The van der Waals surface area contributed by atoms with Gasteiger partial charge in [-0.05, 0) is 12.1 Å². The quantitative estimate of drug-likeness (QED) is 0.802. The smallest absolute Gasteiger partial charge is 0.339 e. The van der Waals surface area contributed by atoms with Crippen molar-refractivity contribution in [2.75, 3.05) is 43.3 Å². The number of carboxylic acids is 1. The topological polar surface area (TPSA) is 76.1 Å². The molecule has 1 amide bonds. The second kappa shape index (κ2) is 7.33. The number of hydrogen-bond acceptors (Lipinski definition) is 5. The second-order valence-corrected chi connectivity index (χ2v) is 5.50. The van der Waals surface area contributed by atoms with Gasteiger partial charge in [0.25, 0.3) is 0 Å². The lowest BCUT2D eigenvalue weighted by Gasteiger charge is -2.30. The Morgan fingerprint density at radius 3 is 3.00 bits per heavy atom. The first-order valence-corrected chi connectivity index (χ1v) is 7.66. The number of carbonyl (C=O) groups excluding carboxylic acids is 1. The fourth-order valence-electron chi connectivity index (χ4n) is 2.06. The van der Waals surface area contributed by atoms with Crippen molar-refractivity contribution < 1.29 is 24.2 Å². The van der Waals surface area contributed by atoms with Crippen LogP contribution in [0.25, 0.3) is 0 Å². The lowest BCUT2D eigenvalue weighted by Crippen LogP contribution is -2.39. The number of amides is 1. The number of methoxy groups -OCH3 is 1. The van der Waals surface area contributed by atoms with E-state index in [4.69, 9.17) is 14.6 Å². The number of para-hydroxylation sites is 1. The first kappa shape index (κ1) is 15.7. The van der Waals surface area contributed by atoms with Crippen molar-refractivity contribution in [1.29, 1.82) is 0 Å². The van der Waals surface area contributed by atoms with Gasteiger partial charge < -0.3 is 19.5 Å². The van der Waals surface area contributed by atoms with Gasteiger partial charge in [0.2, 0.25) is 5.91 Å². The summed E-state index contributed by atoms with van der Waals surface area (Å²) in [5.74, 6) is 0.236. The molecule has 0 atom stereocenters. The molecule has 0 fully saturated rings. The average molecular weight is 311 g/mol. The zero-order valence-corrected chi connectivity index (χ0v) is 12.5. The number of ether oxygens (including phenoxy) is 2. The van der Waals surface area contributed by atoms with Crippen LogP contribution in [0.1, 0.15) is 10.4 Å². The Bertz CT molecular complexity index is 534. The predicted molar refractivity (Wildman–Crippen MR) is 80.5 cm³/mol. The Morgan fingerprint density at radius 2 is 2.29 bits per heavy atom. The lowest BCUT2D eigenvalue weighted by molar-refractivity contribution is -0.116. The molecule has 21 heavy (non-hydrogen) atoms. The monoisotopic (exact) mass is 311 g/mol. The van der Waals surface area contributed by atoms with Gasteiger partial charge in [0.1, 0.15) is 12.2 Å². The van der Waals surface area contributed by atoms with Crippen molar-refractivity contribution in [2.45, 2.75) is 0 Å². The number of carbonyl (C=O) groups is 2. The van der Waals surface area contributed by atoms with Gasteiger partial charge in [0, 0.05) is 12.9 Å². The molecular formula is C14H17NO5S. The summed E-state index contributed by atoms with van der Waals surface area (Å²) in [7, 11) is 1.62. The molecule has 1 aliphatic rings. The number of fused-ring (bicyclic) bond motifs is 1. The highest BCUT2D eigenvalue weighted by Crippen LogP contribution is 2.35. The molecule has 1 aromatic carbocycles. The van der Waals surface area contributed by atoms with Gasteiger partial charge in [0.15, 0.2) is 5.75 Å². The fourth-order valence-corrected chi connectivity index (χ4v) is 2.81. The molecule has 0 aromatic heterocycles. The van der Waals surface area contributed by atoms with E-state index in [0.29, 0.717) is 31.2 Å². The molecule has 1 N–H and O–H groups in total. The van der Waals surface area contributed by atoms with Crippen LogP contribution >= 0.6 is 11.8 Å². The van der Waals surface area contributed by atoms with Crippen molar-refractivity contribution in [1.82, 2.24) is 0 Å². The van der Waals surface area contributed by atoms with Crippen LogP contribution in [-0.4, -0.2) is 55.4 Å². The van der Waals surface area contributed by atoms with Gasteiger partial charge in [-0.3, -0.25) is 4.79 Å². The molecule has 114 valence electrons. The third-order valence-electron chi connectivity index (χ3n) is 3.04. The number of nitrogens with zero attached hydrogens (tertiary/aromatic N) is 1. The highest BCUT2D eigenvalue weighted by Gasteiger charge is 2.27. The Kier molecular flexibility index (Phi) is 5.46.